The number of amides is 2. The predicted octanol–water partition coefficient (Wildman–Crippen LogP) is 3.46. The van der Waals surface area contributed by atoms with E-state index in [2.05, 4.69) is 5.32 Å². The summed E-state index contributed by atoms with van der Waals surface area (Å²) in [7, 11) is 0. The van der Waals surface area contributed by atoms with E-state index >= 15 is 0 Å². The second kappa shape index (κ2) is 9.26. The van der Waals surface area contributed by atoms with Crippen LogP contribution in [0.1, 0.15) is 10.4 Å². The third kappa shape index (κ3) is 5.25. The van der Waals surface area contributed by atoms with Crippen LogP contribution >= 0.6 is 23.4 Å². The highest BCUT2D eigenvalue weighted by molar-refractivity contribution is 7.98. The molecule has 5 nitrogen and oxygen atoms in total. The van der Waals surface area contributed by atoms with Gasteiger partial charge in [0.05, 0.1) is 17.3 Å². The van der Waals surface area contributed by atoms with E-state index < -0.39 is 0 Å². The van der Waals surface area contributed by atoms with Crippen molar-refractivity contribution >= 4 is 40.9 Å². The Morgan fingerprint density at radius 3 is 2.33 bits per heavy atom. The lowest BCUT2D eigenvalue weighted by atomic mass is 10.2. The van der Waals surface area contributed by atoms with Crippen molar-refractivity contribution in [1.29, 1.82) is 0 Å². The Morgan fingerprint density at radius 2 is 1.70 bits per heavy atom. The molecule has 2 aromatic rings. The SMILES string of the molecule is CSc1ccc(C(=O)N2CCN(CC(=O)Nc3ccccc3Cl)CC2)cc1. The van der Waals surface area contributed by atoms with Gasteiger partial charge in [0.15, 0.2) is 0 Å². The molecule has 2 aromatic carbocycles. The Hall–Kier alpha value is -2.02. The van der Waals surface area contributed by atoms with Gasteiger partial charge in [0.25, 0.3) is 5.91 Å². The molecular formula is C20H22ClN3O2S. The Labute approximate surface area is 168 Å². The average Bonchev–Trinajstić information content (AvgIpc) is 2.70. The number of benzene rings is 2. The largest absolute Gasteiger partial charge is 0.336 e. The van der Waals surface area contributed by atoms with E-state index in [1.54, 1.807) is 23.9 Å². The smallest absolute Gasteiger partial charge is 0.253 e. The lowest BCUT2D eigenvalue weighted by Gasteiger charge is -2.34. The van der Waals surface area contributed by atoms with Gasteiger partial charge in [-0.25, -0.2) is 0 Å². The van der Waals surface area contributed by atoms with Gasteiger partial charge in [-0.15, -0.1) is 11.8 Å². The molecule has 1 N–H and O–H groups in total. The van der Waals surface area contributed by atoms with Crippen molar-refractivity contribution in [3.63, 3.8) is 0 Å². The lowest BCUT2D eigenvalue weighted by molar-refractivity contribution is -0.117. The molecule has 7 heteroatoms. The molecule has 3 rings (SSSR count). The maximum Gasteiger partial charge on any atom is 0.253 e. The summed E-state index contributed by atoms with van der Waals surface area (Å²) >= 11 is 7.72. The lowest BCUT2D eigenvalue weighted by Crippen LogP contribution is -2.50. The Balaban J connectivity index is 1.48. The number of carbonyl (C=O) groups excluding carboxylic acids is 2. The summed E-state index contributed by atoms with van der Waals surface area (Å²) in [5.41, 5.74) is 1.32. The number of para-hydroxylation sites is 1. The van der Waals surface area contributed by atoms with Crippen LogP contribution in [0.3, 0.4) is 0 Å². The number of hydrogen-bond acceptors (Lipinski definition) is 4. The van der Waals surface area contributed by atoms with Gasteiger partial charge in [-0.3, -0.25) is 14.5 Å². The van der Waals surface area contributed by atoms with Gasteiger partial charge in [0, 0.05) is 36.6 Å². The average molecular weight is 404 g/mol. The maximum absolute atomic E-state index is 12.6. The number of anilines is 1. The molecule has 1 heterocycles. The molecule has 0 radical (unpaired) electrons. The van der Waals surface area contributed by atoms with Crippen LogP contribution < -0.4 is 5.32 Å². The Bertz CT molecular complexity index is 805. The van der Waals surface area contributed by atoms with Crippen molar-refractivity contribution in [2.75, 3.05) is 44.3 Å². The fourth-order valence-electron chi connectivity index (χ4n) is 2.98. The number of piperazine rings is 1. The van der Waals surface area contributed by atoms with Gasteiger partial charge in [0.1, 0.15) is 0 Å². The summed E-state index contributed by atoms with van der Waals surface area (Å²) in [5, 5.41) is 3.36. The third-order valence-corrected chi connectivity index (χ3v) is 5.58. The minimum absolute atomic E-state index is 0.0443. The first kappa shape index (κ1) is 19.7. The number of halogens is 1. The molecule has 0 spiro atoms. The summed E-state index contributed by atoms with van der Waals surface area (Å²) in [6, 6.07) is 14.8. The molecule has 1 saturated heterocycles. The third-order valence-electron chi connectivity index (χ3n) is 4.51. The molecule has 0 unspecified atom stereocenters. The van der Waals surface area contributed by atoms with Crippen molar-refractivity contribution in [3.05, 3.63) is 59.1 Å². The van der Waals surface area contributed by atoms with Crippen molar-refractivity contribution in [1.82, 2.24) is 9.80 Å². The molecule has 1 fully saturated rings. The van der Waals surface area contributed by atoms with E-state index in [4.69, 9.17) is 11.6 Å². The van der Waals surface area contributed by atoms with E-state index in [0.29, 0.717) is 42.5 Å². The number of nitrogens with one attached hydrogen (secondary N) is 1. The predicted molar refractivity (Wildman–Crippen MR) is 111 cm³/mol. The highest BCUT2D eigenvalue weighted by Crippen LogP contribution is 2.20. The minimum Gasteiger partial charge on any atom is -0.336 e. The van der Waals surface area contributed by atoms with Gasteiger partial charge in [-0.05, 0) is 42.7 Å². The zero-order valence-corrected chi connectivity index (χ0v) is 16.7. The van der Waals surface area contributed by atoms with Gasteiger partial charge in [0.2, 0.25) is 5.91 Å². The van der Waals surface area contributed by atoms with Gasteiger partial charge in [-0.1, -0.05) is 23.7 Å². The highest BCUT2D eigenvalue weighted by atomic mass is 35.5. The molecule has 142 valence electrons. The van der Waals surface area contributed by atoms with E-state index in [1.165, 1.54) is 0 Å². The first-order valence-electron chi connectivity index (χ1n) is 8.77. The second-order valence-electron chi connectivity index (χ2n) is 6.32. The molecule has 1 aliphatic rings. The van der Waals surface area contributed by atoms with Gasteiger partial charge >= 0.3 is 0 Å². The highest BCUT2D eigenvalue weighted by Gasteiger charge is 2.23. The molecule has 0 aliphatic carbocycles. The van der Waals surface area contributed by atoms with E-state index in [1.807, 2.05) is 52.5 Å². The van der Waals surface area contributed by atoms with Crippen LogP contribution in [0.5, 0.6) is 0 Å². The number of nitrogens with zero attached hydrogens (tertiary/aromatic N) is 2. The summed E-state index contributed by atoms with van der Waals surface area (Å²) in [6.45, 7) is 2.86. The van der Waals surface area contributed by atoms with Crippen molar-refractivity contribution in [3.8, 4) is 0 Å². The minimum atomic E-state index is -0.101. The molecule has 0 atom stereocenters. The van der Waals surface area contributed by atoms with Gasteiger partial charge in [-0.2, -0.15) is 0 Å². The zero-order valence-electron chi connectivity index (χ0n) is 15.2. The number of rotatable bonds is 5. The topological polar surface area (TPSA) is 52.7 Å². The molecule has 1 aliphatic heterocycles. The fourth-order valence-corrected chi connectivity index (χ4v) is 3.57. The van der Waals surface area contributed by atoms with Crippen LogP contribution in [0.4, 0.5) is 5.69 Å². The standard InChI is InChI=1S/C20H22ClN3O2S/c1-27-16-8-6-15(7-9-16)20(26)24-12-10-23(11-13-24)14-19(25)22-18-5-3-2-4-17(18)21/h2-9H,10-14H2,1H3,(H,22,25). The van der Waals surface area contributed by atoms with Gasteiger partial charge < -0.3 is 10.2 Å². The second-order valence-corrected chi connectivity index (χ2v) is 7.61. The molecule has 0 saturated carbocycles. The van der Waals surface area contributed by atoms with Crippen LogP contribution in [-0.2, 0) is 4.79 Å². The molecule has 27 heavy (non-hydrogen) atoms. The Morgan fingerprint density at radius 1 is 1.04 bits per heavy atom. The molecule has 0 aromatic heterocycles. The van der Waals surface area contributed by atoms with E-state index in [9.17, 15) is 9.59 Å². The summed E-state index contributed by atoms with van der Waals surface area (Å²) in [5.74, 6) is -0.0571. The normalized spacial score (nSPS) is 14.8. The summed E-state index contributed by atoms with van der Waals surface area (Å²) in [4.78, 5) is 29.9. The van der Waals surface area contributed by atoms with Crippen molar-refractivity contribution in [2.45, 2.75) is 4.90 Å². The number of carbonyl (C=O) groups is 2. The zero-order chi connectivity index (χ0) is 19.2. The number of thioether (sulfide) groups is 1. The van der Waals surface area contributed by atoms with E-state index in [-0.39, 0.29) is 18.4 Å². The number of hydrogen-bond donors (Lipinski definition) is 1. The van der Waals surface area contributed by atoms with Crippen molar-refractivity contribution in [2.24, 2.45) is 0 Å². The summed E-state index contributed by atoms with van der Waals surface area (Å²) < 4.78 is 0. The van der Waals surface area contributed by atoms with Crippen LogP contribution in [0.25, 0.3) is 0 Å². The van der Waals surface area contributed by atoms with E-state index in [0.717, 1.165) is 4.90 Å². The first-order valence-corrected chi connectivity index (χ1v) is 10.4. The Kier molecular flexibility index (Phi) is 6.77. The first-order chi connectivity index (χ1) is 13.1. The molecular weight excluding hydrogens is 382 g/mol. The summed E-state index contributed by atoms with van der Waals surface area (Å²) in [6.07, 6.45) is 2.01. The fraction of sp³-hybridized carbons (Fsp3) is 0.300. The molecule has 0 bridgehead atoms. The van der Waals surface area contributed by atoms with Crippen LogP contribution in [0.15, 0.2) is 53.4 Å². The maximum atomic E-state index is 12.6. The van der Waals surface area contributed by atoms with Crippen LogP contribution in [0, 0.1) is 0 Å². The molecule has 2 amide bonds. The van der Waals surface area contributed by atoms with Crippen LogP contribution in [-0.4, -0.2) is 60.6 Å². The quantitative estimate of drug-likeness (QED) is 0.777. The van der Waals surface area contributed by atoms with Crippen LogP contribution in [0.2, 0.25) is 5.02 Å². The van der Waals surface area contributed by atoms with Crippen molar-refractivity contribution < 1.29 is 9.59 Å². The monoisotopic (exact) mass is 403 g/mol.